The van der Waals surface area contributed by atoms with E-state index in [1.165, 1.54) is 24.8 Å². The first-order valence-corrected chi connectivity index (χ1v) is 6.11. The molecule has 0 aromatic heterocycles. The van der Waals surface area contributed by atoms with Crippen LogP contribution in [0.4, 0.5) is 0 Å². The summed E-state index contributed by atoms with van der Waals surface area (Å²) in [5.41, 5.74) is 1.18. The highest BCUT2D eigenvalue weighted by Crippen LogP contribution is 2.17. The maximum absolute atomic E-state index is 5.44. The zero-order valence-electron chi connectivity index (χ0n) is 7.40. The highest BCUT2D eigenvalue weighted by molar-refractivity contribution is 14.1. The minimum Gasteiger partial charge on any atom is -0.374 e. The van der Waals surface area contributed by atoms with Crippen molar-refractivity contribution >= 4 is 22.6 Å². The molecular weight excluding hydrogens is 251 g/mol. The van der Waals surface area contributed by atoms with Crippen LogP contribution >= 0.6 is 22.6 Å². The van der Waals surface area contributed by atoms with Crippen LogP contribution in [0.25, 0.3) is 0 Å². The topological polar surface area (TPSA) is 9.23 Å². The van der Waals surface area contributed by atoms with Crippen LogP contribution in [0.5, 0.6) is 0 Å². The molecule has 66 valence electrons. The second kappa shape index (κ2) is 7.10. The molecule has 0 bridgehead atoms. The van der Waals surface area contributed by atoms with Gasteiger partial charge in [0.1, 0.15) is 0 Å². The second-order valence-electron chi connectivity index (χ2n) is 2.70. The fourth-order valence-corrected chi connectivity index (χ4v) is 1.13. The van der Waals surface area contributed by atoms with Gasteiger partial charge in [-0.25, -0.2) is 0 Å². The summed E-state index contributed by atoms with van der Waals surface area (Å²) < 4.78 is 5.44. The normalized spacial score (nSPS) is 23.4. The van der Waals surface area contributed by atoms with Gasteiger partial charge in [-0.3, -0.25) is 0 Å². The van der Waals surface area contributed by atoms with Crippen LogP contribution < -0.4 is 0 Å². The van der Waals surface area contributed by atoms with Gasteiger partial charge >= 0.3 is 0 Å². The van der Waals surface area contributed by atoms with E-state index in [0.717, 1.165) is 6.61 Å². The minimum atomic E-state index is 0.360. The van der Waals surface area contributed by atoms with Crippen LogP contribution in [0.3, 0.4) is 0 Å². The van der Waals surface area contributed by atoms with Crippen LogP contribution in [0, 0.1) is 0 Å². The largest absolute Gasteiger partial charge is 0.374 e. The number of ether oxygens (including phenoxy) is 1. The number of halogens is 1. The molecule has 1 heterocycles. The lowest BCUT2D eigenvalue weighted by Crippen LogP contribution is -2.19. The molecule has 0 aliphatic carbocycles. The Bertz CT molecular complexity index is 106. The first-order chi connectivity index (χ1) is 5.30. The third-order valence-corrected chi connectivity index (χ3v) is 1.73. The molecule has 0 amide bonds. The predicted molar refractivity (Wildman–Crippen MR) is 58.3 cm³/mol. The van der Waals surface area contributed by atoms with E-state index < -0.39 is 0 Å². The Balaban J connectivity index is 0.000000461. The average Bonchev–Trinajstić information content (AvgIpc) is 2.10. The third kappa shape index (κ3) is 4.80. The molecule has 0 radical (unpaired) electrons. The fourth-order valence-electron chi connectivity index (χ4n) is 1.13. The summed E-state index contributed by atoms with van der Waals surface area (Å²) in [6.45, 7) is 6.82. The van der Waals surface area contributed by atoms with Crippen LogP contribution in [-0.4, -0.2) is 17.6 Å². The van der Waals surface area contributed by atoms with Gasteiger partial charge in [-0.1, -0.05) is 34.7 Å². The molecule has 11 heavy (non-hydrogen) atoms. The van der Waals surface area contributed by atoms with Crippen molar-refractivity contribution in [2.45, 2.75) is 32.3 Å². The zero-order valence-corrected chi connectivity index (χ0v) is 9.56. The summed E-state index contributed by atoms with van der Waals surface area (Å²) in [6.07, 6.45) is 4.06. The Morgan fingerprint density at radius 1 is 1.45 bits per heavy atom. The predicted octanol–water partition coefficient (Wildman–Crippen LogP) is 3.18. The highest BCUT2D eigenvalue weighted by Gasteiger charge is 2.12. The van der Waals surface area contributed by atoms with Crippen molar-refractivity contribution in [1.29, 1.82) is 0 Å². The first-order valence-electron chi connectivity index (χ1n) is 3.95. The molecule has 0 aromatic carbocycles. The Labute approximate surface area is 83.3 Å². The molecule has 2 heteroatoms. The van der Waals surface area contributed by atoms with Crippen molar-refractivity contribution in [3.8, 4) is 0 Å². The lowest BCUT2D eigenvalue weighted by molar-refractivity contribution is 0.0396. The average molecular weight is 268 g/mol. The lowest BCUT2D eigenvalue weighted by atomic mass is 10.0. The Morgan fingerprint density at radius 3 is 2.36 bits per heavy atom. The molecular formula is C9H17IO. The lowest BCUT2D eigenvalue weighted by Gasteiger charge is -2.22. The standard InChI is InChI=1S/C8H14O.CH3I/c1-7(2)8-5-3-4-6-9-8;1-2/h8H,1,3-6H2,2H3;1H3. The van der Waals surface area contributed by atoms with Crippen molar-refractivity contribution in [1.82, 2.24) is 0 Å². The van der Waals surface area contributed by atoms with Crippen LogP contribution in [0.2, 0.25) is 0 Å². The highest BCUT2D eigenvalue weighted by atomic mass is 127. The second-order valence-corrected chi connectivity index (χ2v) is 2.70. The van der Waals surface area contributed by atoms with E-state index in [0.29, 0.717) is 6.10 Å². The minimum absolute atomic E-state index is 0.360. The Hall–Kier alpha value is 0.430. The van der Waals surface area contributed by atoms with Crippen molar-refractivity contribution < 1.29 is 4.74 Å². The smallest absolute Gasteiger partial charge is 0.0779 e. The quantitative estimate of drug-likeness (QED) is 0.403. The van der Waals surface area contributed by atoms with Crippen molar-refractivity contribution in [2.75, 3.05) is 11.5 Å². The summed E-state index contributed by atoms with van der Waals surface area (Å²) in [5.74, 6) is 0. The number of rotatable bonds is 1. The molecule has 1 nitrogen and oxygen atoms in total. The number of alkyl halides is 1. The van der Waals surface area contributed by atoms with Gasteiger partial charge in [0.2, 0.25) is 0 Å². The molecule has 1 fully saturated rings. The van der Waals surface area contributed by atoms with E-state index in [1.807, 2.05) is 11.9 Å². The molecule has 0 aromatic rings. The third-order valence-electron chi connectivity index (χ3n) is 1.73. The molecule has 1 aliphatic rings. The molecule has 0 N–H and O–H groups in total. The van der Waals surface area contributed by atoms with Gasteiger partial charge in [0.25, 0.3) is 0 Å². The van der Waals surface area contributed by atoms with Gasteiger partial charge in [0.15, 0.2) is 0 Å². The summed E-state index contributed by atoms with van der Waals surface area (Å²) in [7, 11) is 0. The van der Waals surface area contributed by atoms with Crippen molar-refractivity contribution in [3.05, 3.63) is 12.2 Å². The van der Waals surface area contributed by atoms with E-state index in [1.54, 1.807) is 0 Å². The molecule has 0 saturated carbocycles. The Morgan fingerprint density at radius 2 is 2.09 bits per heavy atom. The van der Waals surface area contributed by atoms with Gasteiger partial charge < -0.3 is 4.74 Å². The maximum Gasteiger partial charge on any atom is 0.0779 e. The molecule has 1 aliphatic heterocycles. The summed E-state index contributed by atoms with van der Waals surface area (Å²) in [4.78, 5) is 1.97. The van der Waals surface area contributed by atoms with E-state index in [9.17, 15) is 0 Å². The van der Waals surface area contributed by atoms with Crippen LogP contribution in [-0.2, 0) is 4.74 Å². The fraction of sp³-hybridized carbons (Fsp3) is 0.778. The molecule has 1 unspecified atom stereocenters. The molecule has 0 spiro atoms. The number of hydrogen-bond donors (Lipinski definition) is 0. The van der Waals surface area contributed by atoms with Gasteiger partial charge in [-0.2, -0.15) is 0 Å². The van der Waals surface area contributed by atoms with Crippen molar-refractivity contribution in [2.24, 2.45) is 0 Å². The summed E-state index contributed by atoms with van der Waals surface area (Å²) >= 11 is 2.15. The van der Waals surface area contributed by atoms with Gasteiger partial charge in [0, 0.05) is 6.61 Å². The van der Waals surface area contributed by atoms with Gasteiger partial charge in [-0.05, 0) is 31.1 Å². The zero-order chi connectivity index (χ0) is 8.69. The SMILES string of the molecule is C=C(C)C1CCCCO1.CI. The van der Waals surface area contributed by atoms with Crippen LogP contribution in [0.15, 0.2) is 12.2 Å². The van der Waals surface area contributed by atoms with E-state index >= 15 is 0 Å². The van der Waals surface area contributed by atoms with Crippen molar-refractivity contribution in [3.63, 3.8) is 0 Å². The van der Waals surface area contributed by atoms with Crippen LogP contribution in [0.1, 0.15) is 26.2 Å². The van der Waals surface area contributed by atoms with E-state index in [2.05, 4.69) is 29.2 Å². The first kappa shape index (κ1) is 11.4. The molecule has 1 rings (SSSR count). The van der Waals surface area contributed by atoms with E-state index in [4.69, 9.17) is 4.74 Å². The van der Waals surface area contributed by atoms with Gasteiger partial charge in [-0.15, -0.1) is 0 Å². The van der Waals surface area contributed by atoms with E-state index in [-0.39, 0.29) is 0 Å². The molecule has 1 atom stereocenters. The summed E-state index contributed by atoms with van der Waals surface area (Å²) in [5, 5.41) is 0. The monoisotopic (exact) mass is 268 g/mol. The Kier molecular flexibility index (Phi) is 7.38. The summed E-state index contributed by atoms with van der Waals surface area (Å²) in [6, 6.07) is 0. The number of hydrogen-bond acceptors (Lipinski definition) is 1. The maximum atomic E-state index is 5.44. The molecule has 1 saturated heterocycles. The van der Waals surface area contributed by atoms with Gasteiger partial charge in [0.05, 0.1) is 6.10 Å².